The van der Waals surface area contributed by atoms with Gasteiger partial charge in [-0.1, -0.05) is 133 Å². The van der Waals surface area contributed by atoms with E-state index in [4.69, 9.17) is 1.37 Å². The van der Waals surface area contributed by atoms with Crippen LogP contribution in [0.15, 0.2) is 212 Å². The van der Waals surface area contributed by atoms with Crippen molar-refractivity contribution >= 4 is 54.4 Å². The second-order valence-corrected chi connectivity index (χ2v) is 21.3. The summed E-state index contributed by atoms with van der Waals surface area (Å²) >= 11 is 0. The van der Waals surface area contributed by atoms with Gasteiger partial charge in [-0.25, -0.2) is 4.39 Å². The largest absolute Gasteiger partial charge is 0.309 e. The number of aromatic nitrogens is 2. The van der Waals surface area contributed by atoms with Crippen LogP contribution in [-0.4, -0.2) is 9.13 Å². The first-order chi connectivity index (χ1) is 35.5. The van der Waals surface area contributed by atoms with Gasteiger partial charge in [-0.05, 0) is 201 Å². The molecule has 12 aromatic rings. The summed E-state index contributed by atoms with van der Waals surface area (Å²) in [6.07, 6.45) is 6.20. The molecule has 4 saturated carbocycles. The molecular weight excluding hydrogens is 864 g/mol. The van der Waals surface area contributed by atoms with E-state index in [1.54, 1.807) is 6.07 Å². The van der Waals surface area contributed by atoms with Crippen LogP contribution in [0.3, 0.4) is 0 Å². The summed E-state index contributed by atoms with van der Waals surface area (Å²) in [6.45, 7) is 0. The Hall–Kier alpha value is -8.01. The molecular formula is C68H49FN2. The zero-order valence-electron chi connectivity index (χ0n) is 40.2. The topological polar surface area (TPSA) is 9.86 Å². The molecule has 4 bridgehead atoms. The molecule has 71 heavy (non-hydrogen) atoms. The van der Waals surface area contributed by atoms with Crippen molar-refractivity contribution in [1.29, 1.82) is 0 Å². The van der Waals surface area contributed by atoms with Crippen LogP contribution in [0.25, 0.3) is 110 Å². The predicted molar refractivity (Wildman–Crippen MR) is 292 cm³/mol. The van der Waals surface area contributed by atoms with Crippen LogP contribution >= 0.6 is 0 Å². The molecule has 338 valence electrons. The molecule has 0 unspecified atom stereocenters. The van der Waals surface area contributed by atoms with E-state index in [2.05, 4.69) is 203 Å². The van der Waals surface area contributed by atoms with Crippen molar-refractivity contribution < 1.29 is 5.76 Å². The van der Waals surface area contributed by atoms with Crippen molar-refractivity contribution in [3.05, 3.63) is 229 Å². The maximum atomic E-state index is 15.7. The minimum absolute atomic E-state index is 0.0106. The number of nitrogens with zero attached hydrogens (tertiary/aromatic N) is 2. The molecule has 0 N–H and O–H groups in total. The quantitative estimate of drug-likeness (QED) is 0.163. The number of benzene rings is 10. The number of hydrogen-bond acceptors (Lipinski definition) is 0. The number of para-hydroxylation sites is 1. The van der Waals surface area contributed by atoms with Crippen molar-refractivity contribution in [3.8, 4) is 55.9 Å². The molecule has 1 spiro atoms. The maximum absolute atomic E-state index is 15.7. The van der Waals surface area contributed by atoms with E-state index < -0.39 is 5.82 Å². The first-order valence-electron chi connectivity index (χ1n) is 26.2. The van der Waals surface area contributed by atoms with Gasteiger partial charge >= 0.3 is 0 Å². The van der Waals surface area contributed by atoms with E-state index in [9.17, 15) is 0 Å². The van der Waals surface area contributed by atoms with Crippen LogP contribution in [-0.2, 0) is 5.41 Å². The van der Waals surface area contributed by atoms with E-state index in [1.165, 1.54) is 120 Å². The maximum Gasteiger partial charge on any atom is 0.123 e. The lowest BCUT2D eigenvalue weighted by Gasteiger charge is -2.61. The van der Waals surface area contributed by atoms with Crippen LogP contribution < -0.4 is 0 Å². The SMILES string of the molecule is [2H]c1cc2c(cc1F)C1(c3cc(-n4c5ccc(-c6ccc7c(c6)c6ccccc6n7-c6ccc(-c7ccccc7)cc6)cc5c5cc(-c6cccc7ccccc67)ccc54)ccc3-2)C2CC3CC(C2)CC1C3. The Bertz CT molecular complexity index is 4220. The molecule has 5 aliphatic rings. The van der Waals surface area contributed by atoms with Crippen molar-refractivity contribution in [1.82, 2.24) is 9.13 Å². The van der Waals surface area contributed by atoms with Gasteiger partial charge in [0.1, 0.15) is 5.82 Å². The average Bonchev–Trinajstić information content (AvgIpc) is 4.03. The Morgan fingerprint density at radius 3 is 1.63 bits per heavy atom. The Morgan fingerprint density at radius 2 is 0.901 bits per heavy atom. The molecule has 0 saturated heterocycles. The van der Waals surface area contributed by atoms with Crippen LogP contribution in [0.1, 0.15) is 44.6 Å². The van der Waals surface area contributed by atoms with Gasteiger partial charge in [0.05, 0.1) is 23.4 Å². The Kier molecular flexibility index (Phi) is 8.06. The third kappa shape index (κ3) is 5.63. The zero-order valence-corrected chi connectivity index (χ0v) is 39.2. The minimum atomic E-state index is -0.395. The fourth-order valence-electron chi connectivity index (χ4n) is 15.2. The van der Waals surface area contributed by atoms with Crippen LogP contribution in [0.4, 0.5) is 4.39 Å². The van der Waals surface area contributed by atoms with E-state index in [0.717, 1.165) is 45.4 Å². The zero-order chi connectivity index (χ0) is 47.4. The summed E-state index contributed by atoms with van der Waals surface area (Å²) in [4.78, 5) is 0. The Labute approximate surface area is 413 Å². The van der Waals surface area contributed by atoms with Gasteiger partial charge in [0, 0.05) is 38.3 Å². The lowest BCUT2D eigenvalue weighted by Crippen LogP contribution is -2.55. The standard InChI is InChI=1S/C68H49FN2/c69-51-22-26-56-57-27-25-53(40-63(57)68(62(56)39-51)49-32-41-31-42(34-49)35-50(68)33-41)71-66-29-20-47(37-60(66)61-38-48(21-30-67(61)71)55-15-8-12-45-11-4-5-13-54(45)55)46-19-28-65-59(36-46)58-14-6-7-16-64(58)70(65)52-23-17-44(18-24-52)43-9-2-1-3-10-43/h1-30,36-42,49-50H,31-35H2/i22D. The molecule has 2 aromatic heterocycles. The third-order valence-corrected chi connectivity index (χ3v) is 17.9. The molecule has 0 radical (unpaired) electrons. The molecule has 2 heterocycles. The molecule has 3 heteroatoms. The fraction of sp³-hybridized carbons (Fsp3) is 0.147. The van der Waals surface area contributed by atoms with Crippen molar-refractivity contribution in [2.75, 3.05) is 0 Å². The van der Waals surface area contributed by atoms with Crippen molar-refractivity contribution in [2.45, 2.75) is 37.5 Å². The van der Waals surface area contributed by atoms with Gasteiger partial charge in [-0.3, -0.25) is 0 Å². The summed E-state index contributed by atoms with van der Waals surface area (Å²) in [5.74, 6) is 2.11. The van der Waals surface area contributed by atoms with Crippen LogP contribution in [0, 0.1) is 29.5 Å². The van der Waals surface area contributed by atoms with Gasteiger partial charge in [0.2, 0.25) is 0 Å². The molecule has 4 fully saturated rings. The summed E-state index contributed by atoms with van der Waals surface area (Å²) in [6, 6.07) is 75.5. The van der Waals surface area contributed by atoms with Gasteiger partial charge in [-0.2, -0.15) is 0 Å². The first kappa shape index (κ1) is 38.8. The molecule has 0 aliphatic heterocycles. The molecule has 2 nitrogen and oxygen atoms in total. The van der Waals surface area contributed by atoms with E-state index in [0.29, 0.717) is 11.8 Å². The Balaban J connectivity index is 0.886. The highest BCUT2D eigenvalue weighted by molar-refractivity contribution is 6.14. The molecule has 5 aliphatic carbocycles. The van der Waals surface area contributed by atoms with Crippen LogP contribution in [0.5, 0.6) is 0 Å². The number of rotatable bonds is 5. The average molecular weight is 914 g/mol. The molecule has 0 amide bonds. The summed E-state index contributed by atoms with van der Waals surface area (Å²) in [7, 11) is 0. The lowest BCUT2D eigenvalue weighted by molar-refractivity contribution is -0.0400. The highest BCUT2D eigenvalue weighted by Gasteiger charge is 2.61. The van der Waals surface area contributed by atoms with Gasteiger partial charge in [0.25, 0.3) is 0 Å². The van der Waals surface area contributed by atoms with Gasteiger partial charge < -0.3 is 9.13 Å². The monoisotopic (exact) mass is 913 g/mol. The fourth-order valence-corrected chi connectivity index (χ4v) is 15.2. The summed E-state index contributed by atoms with van der Waals surface area (Å²) < 4.78 is 29.3. The van der Waals surface area contributed by atoms with Crippen molar-refractivity contribution in [3.63, 3.8) is 0 Å². The highest BCUT2D eigenvalue weighted by atomic mass is 19.1. The van der Waals surface area contributed by atoms with E-state index >= 15 is 4.39 Å². The summed E-state index contributed by atoms with van der Waals surface area (Å²) in [5.41, 5.74) is 18.7. The van der Waals surface area contributed by atoms with Crippen molar-refractivity contribution in [2.24, 2.45) is 23.7 Å². The summed E-state index contributed by atoms with van der Waals surface area (Å²) in [5, 5.41) is 7.36. The van der Waals surface area contributed by atoms with Gasteiger partial charge in [0.15, 0.2) is 0 Å². The molecule has 17 rings (SSSR count). The second kappa shape index (κ2) is 14.8. The highest BCUT2D eigenvalue weighted by Crippen LogP contribution is 2.69. The normalized spacial score (nSPS) is 21.0. The Morgan fingerprint density at radius 1 is 0.380 bits per heavy atom. The first-order valence-corrected chi connectivity index (χ1v) is 25.7. The van der Waals surface area contributed by atoms with Gasteiger partial charge in [-0.15, -0.1) is 0 Å². The molecule has 10 aromatic carbocycles. The second-order valence-electron chi connectivity index (χ2n) is 21.3. The minimum Gasteiger partial charge on any atom is -0.309 e. The lowest BCUT2D eigenvalue weighted by atomic mass is 9.43. The predicted octanol–water partition coefficient (Wildman–Crippen LogP) is 17.9. The van der Waals surface area contributed by atoms with E-state index in [-0.39, 0.29) is 11.5 Å². The number of fused-ring (bicyclic) bond motifs is 10. The third-order valence-electron chi connectivity index (χ3n) is 17.9. The van der Waals surface area contributed by atoms with E-state index in [1.807, 2.05) is 6.07 Å². The number of halogens is 1. The smallest absolute Gasteiger partial charge is 0.123 e. The van der Waals surface area contributed by atoms with Crippen LogP contribution in [0.2, 0.25) is 0 Å². The number of hydrogen-bond donors (Lipinski definition) is 0. The molecule has 0 atom stereocenters.